The lowest BCUT2D eigenvalue weighted by Crippen LogP contribution is -2.34. The zero-order valence-electron chi connectivity index (χ0n) is 15.7. The minimum Gasteiger partial charge on any atom is -0.332 e. The fraction of sp³-hybridized carbons (Fsp3) is 0.0455. The van der Waals surface area contributed by atoms with Crippen LogP contribution in [-0.2, 0) is 0 Å². The van der Waals surface area contributed by atoms with Crippen molar-refractivity contribution in [3.63, 3.8) is 0 Å². The Balaban J connectivity index is 1.57. The van der Waals surface area contributed by atoms with Gasteiger partial charge in [0.25, 0.3) is 5.91 Å². The Morgan fingerprint density at radius 2 is 1.93 bits per heavy atom. The highest BCUT2D eigenvalue weighted by Gasteiger charge is 2.14. The highest BCUT2D eigenvalue weighted by molar-refractivity contribution is 9.10. The maximum Gasteiger partial charge on any atom is 0.257 e. The first-order valence-electron chi connectivity index (χ1n) is 8.95. The molecule has 0 unspecified atom stereocenters. The van der Waals surface area contributed by atoms with Crippen molar-refractivity contribution in [3.05, 3.63) is 81.3 Å². The van der Waals surface area contributed by atoms with E-state index in [1.54, 1.807) is 29.5 Å². The molecular weight excluding hydrogens is 502 g/mol. The summed E-state index contributed by atoms with van der Waals surface area (Å²) in [7, 11) is 0. The Morgan fingerprint density at radius 1 is 1.13 bits per heavy atom. The van der Waals surface area contributed by atoms with E-state index in [9.17, 15) is 4.79 Å². The van der Waals surface area contributed by atoms with Crippen LogP contribution in [0.1, 0.15) is 15.9 Å². The fourth-order valence-electron chi connectivity index (χ4n) is 2.85. The molecule has 0 aliphatic heterocycles. The molecule has 1 aromatic heterocycles. The van der Waals surface area contributed by atoms with E-state index in [4.69, 9.17) is 28.8 Å². The largest absolute Gasteiger partial charge is 0.332 e. The van der Waals surface area contributed by atoms with Crippen LogP contribution in [0.3, 0.4) is 0 Å². The van der Waals surface area contributed by atoms with Gasteiger partial charge in [0.1, 0.15) is 5.01 Å². The number of thiazole rings is 1. The Morgan fingerprint density at radius 3 is 2.70 bits per heavy atom. The molecule has 0 fully saturated rings. The van der Waals surface area contributed by atoms with Gasteiger partial charge < -0.3 is 5.32 Å². The molecule has 4 rings (SSSR count). The third kappa shape index (κ3) is 4.54. The number of benzene rings is 3. The molecule has 30 heavy (non-hydrogen) atoms. The molecule has 0 atom stereocenters. The molecule has 4 aromatic rings. The average Bonchev–Trinajstić information content (AvgIpc) is 3.15. The van der Waals surface area contributed by atoms with E-state index < -0.39 is 0 Å². The molecule has 4 nitrogen and oxygen atoms in total. The molecular formula is C22H15BrClN3OS2. The van der Waals surface area contributed by atoms with Crippen LogP contribution in [0.25, 0.3) is 20.8 Å². The lowest BCUT2D eigenvalue weighted by molar-refractivity contribution is 0.0977. The van der Waals surface area contributed by atoms with Gasteiger partial charge >= 0.3 is 0 Å². The topological polar surface area (TPSA) is 54.0 Å². The Hall–Kier alpha value is -2.32. The van der Waals surface area contributed by atoms with E-state index in [1.165, 1.54) is 0 Å². The molecule has 8 heteroatoms. The van der Waals surface area contributed by atoms with Gasteiger partial charge in [-0.05, 0) is 67.2 Å². The van der Waals surface area contributed by atoms with Crippen molar-refractivity contribution in [1.82, 2.24) is 10.3 Å². The summed E-state index contributed by atoms with van der Waals surface area (Å²) in [6, 6.07) is 18.9. The van der Waals surface area contributed by atoms with Crippen molar-refractivity contribution in [2.75, 3.05) is 5.32 Å². The summed E-state index contributed by atoms with van der Waals surface area (Å²) in [5.74, 6) is -0.326. The second-order valence-corrected chi connectivity index (χ2v) is 9.31. The third-order valence-electron chi connectivity index (χ3n) is 4.42. The van der Waals surface area contributed by atoms with Crippen LogP contribution < -0.4 is 10.6 Å². The first-order chi connectivity index (χ1) is 14.4. The van der Waals surface area contributed by atoms with E-state index in [0.29, 0.717) is 10.6 Å². The number of carbonyl (C=O) groups is 1. The summed E-state index contributed by atoms with van der Waals surface area (Å²) >= 11 is 16.6. The maximum absolute atomic E-state index is 12.5. The minimum atomic E-state index is -0.326. The molecule has 0 radical (unpaired) electrons. The molecule has 3 aromatic carbocycles. The smallest absolute Gasteiger partial charge is 0.257 e. The third-order valence-corrected chi connectivity index (χ3v) is 6.59. The molecule has 1 amide bonds. The van der Waals surface area contributed by atoms with E-state index in [-0.39, 0.29) is 11.0 Å². The number of hydrogen-bond acceptors (Lipinski definition) is 4. The van der Waals surface area contributed by atoms with Gasteiger partial charge in [0, 0.05) is 20.6 Å². The summed E-state index contributed by atoms with van der Waals surface area (Å²) in [5, 5.41) is 7.42. The van der Waals surface area contributed by atoms with E-state index in [0.717, 1.165) is 36.5 Å². The number of carbonyl (C=O) groups excluding carboxylic acids is 1. The number of rotatable bonds is 3. The van der Waals surface area contributed by atoms with Crippen LogP contribution in [0.2, 0.25) is 5.02 Å². The SMILES string of the molecule is Cc1ccc(C(=O)NC(=S)Nc2ccc(Br)cc2-c2nc3ccccc3s2)cc1Cl. The van der Waals surface area contributed by atoms with Gasteiger partial charge in [-0.25, -0.2) is 4.98 Å². The molecule has 0 bridgehead atoms. The number of thiocarbonyl (C=S) groups is 1. The molecule has 0 spiro atoms. The van der Waals surface area contributed by atoms with Crippen LogP contribution in [0, 0.1) is 6.92 Å². The first kappa shape index (κ1) is 20.9. The van der Waals surface area contributed by atoms with Crippen molar-refractivity contribution in [2.45, 2.75) is 6.92 Å². The maximum atomic E-state index is 12.5. The van der Waals surface area contributed by atoms with Crippen molar-refractivity contribution in [1.29, 1.82) is 0 Å². The summed E-state index contributed by atoms with van der Waals surface area (Å²) in [6.07, 6.45) is 0. The van der Waals surface area contributed by atoms with E-state index >= 15 is 0 Å². The summed E-state index contributed by atoms with van der Waals surface area (Å²) in [4.78, 5) is 17.3. The quantitative estimate of drug-likeness (QED) is 0.294. The Bertz CT molecular complexity index is 1260. The Kier molecular flexibility index (Phi) is 6.15. The zero-order chi connectivity index (χ0) is 21.3. The van der Waals surface area contributed by atoms with Crippen LogP contribution in [-0.4, -0.2) is 16.0 Å². The Labute approximate surface area is 196 Å². The first-order valence-corrected chi connectivity index (χ1v) is 11.3. The second kappa shape index (κ2) is 8.81. The minimum absolute atomic E-state index is 0.196. The number of aromatic nitrogens is 1. The standard InChI is InChI=1S/C22H15BrClN3OS2/c1-12-6-7-13(10-16(12)24)20(28)27-22(29)26-17-9-8-14(23)11-15(17)21-25-18-4-2-3-5-19(18)30-21/h2-11H,1H3,(H2,26,27,28,29). The molecule has 0 saturated heterocycles. The number of fused-ring (bicyclic) bond motifs is 1. The number of amides is 1. The van der Waals surface area contributed by atoms with Crippen LogP contribution >= 0.6 is 51.1 Å². The van der Waals surface area contributed by atoms with Crippen LogP contribution in [0.5, 0.6) is 0 Å². The molecule has 0 saturated carbocycles. The molecule has 150 valence electrons. The van der Waals surface area contributed by atoms with Crippen molar-refractivity contribution >= 4 is 78.0 Å². The number of halogens is 2. The van der Waals surface area contributed by atoms with E-state index in [1.807, 2.05) is 49.4 Å². The van der Waals surface area contributed by atoms with Gasteiger partial charge in [-0.1, -0.05) is 45.7 Å². The monoisotopic (exact) mass is 515 g/mol. The highest BCUT2D eigenvalue weighted by Crippen LogP contribution is 2.36. The number of hydrogen-bond donors (Lipinski definition) is 2. The fourth-order valence-corrected chi connectivity index (χ4v) is 4.59. The summed E-state index contributed by atoms with van der Waals surface area (Å²) in [5.41, 5.74) is 3.93. The van der Waals surface area contributed by atoms with Gasteiger partial charge in [-0.3, -0.25) is 10.1 Å². The molecule has 1 heterocycles. The van der Waals surface area contributed by atoms with Gasteiger partial charge in [0.15, 0.2) is 5.11 Å². The predicted octanol–water partition coefficient (Wildman–Crippen LogP) is 6.81. The number of nitrogens with zero attached hydrogens (tertiary/aromatic N) is 1. The van der Waals surface area contributed by atoms with Crippen LogP contribution in [0.4, 0.5) is 5.69 Å². The summed E-state index contributed by atoms with van der Waals surface area (Å²) < 4.78 is 2.03. The normalized spacial score (nSPS) is 10.8. The zero-order valence-corrected chi connectivity index (χ0v) is 19.7. The lowest BCUT2D eigenvalue weighted by Gasteiger charge is -2.13. The molecule has 2 N–H and O–H groups in total. The molecule has 0 aliphatic rings. The number of nitrogens with one attached hydrogen (secondary N) is 2. The molecule has 0 aliphatic carbocycles. The second-order valence-electron chi connectivity index (χ2n) is 6.55. The lowest BCUT2D eigenvalue weighted by atomic mass is 10.1. The van der Waals surface area contributed by atoms with Gasteiger partial charge in [-0.15, -0.1) is 11.3 Å². The van der Waals surface area contributed by atoms with Crippen molar-refractivity contribution in [3.8, 4) is 10.6 Å². The predicted molar refractivity (Wildman–Crippen MR) is 133 cm³/mol. The van der Waals surface area contributed by atoms with E-state index in [2.05, 4.69) is 26.6 Å². The number of anilines is 1. The van der Waals surface area contributed by atoms with Gasteiger partial charge in [0.05, 0.1) is 15.9 Å². The summed E-state index contributed by atoms with van der Waals surface area (Å²) in [6.45, 7) is 1.88. The highest BCUT2D eigenvalue weighted by atomic mass is 79.9. The van der Waals surface area contributed by atoms with Gasteiger partial charge in [0.2, 0.25) is 0 Å². The van der Waals surface area contributed by atoms with Crippen molar-refractivity contribution < 1.29 is 4.79 Å². The van der Waals surface area contributed by atoms with Gasteiger partial charge in [-0.2, -0.15) is 0 Å². The number of para-hydroxylation sites is 1. The average molecular weight is 517 g/mol. The number of aryl methyl sites for hydroxylation is 1. The van der Waals surface area contributed by atoms with Crippen LogP contribution in [0.15, 0.2) is 65.1 Å². The van der Waals surface area contributed by atoms with Crippen molar-refractivity contribution in [2.24, 2.45) is 0 Å².